The van der Waals surface area contributed by atoms with Crippen LogP contribution in [0.5, 0.6) is 5.75 Å². The van der Waals surface area contributed by atoms with E-state index >= 15 is 0 Å². The molecule has 10 heteroatoms. The lowest BCUT2D eigenvalue weighted by Crippen LogP contribution is -2.09. The molecular formula is C17H16F3N5O2. The summed E-state index contributed by atoms with van der Waals surface area (Å²) in [5.41, 5.74) is -0.712. The van der Waals surface area contributed by atoms with E-state index < -0.39 is 11.7 Å². The second-order valence-corrected chi connectivity index (χ2v) is 5.53. The first kappa shape index (κ1) is 20.0. The highest BCUT2D eigenvalue weighted by molar-refractivity contribution is 5.90. The number of rotatable bonds is 5. The summed E-state index contributed by atoms with van der Waals surface area (Å²) < 4.78 is 50.6. The van der Waals surface area contributed by atoms with E-state index in [0.29, 0.717) is 0 Å². The van der Waals surface area contributed by atoms with Crippen LogP contribution in [-0.2, 0) is 10.9 Å². The summed E-state index contributed by atoms with van der Waals surface area (Å²) in [4.78, 5) is 7.52. The van der Waals surface area contributed by atoms with Crippen molar-refractivity contribution in [2.75, 3.05) is 7.11 Å². The zero-order valence-electron chi connectivity index (χ0n) is 14.7. The predicted molar refractivity (Wildman–Crippen MR) is 91.6 cm³/mol. The van der Waals surface area contributed by atoms with Crippen molar-refractivity contribution in [3.05, 3.63) is 36.2 Å². The van der Waals surface area contributed by atoms with Gasteiger partial charge in [0.1, 0.15) is 12.1 Å². The van der Waals surface area contributed by atoms with Crippen molar-refractivity contribution in [2.45, 2.75) is 26.1 Å². The monoisotopic (exact) mass is 379 g/mol. The fraction of sp³-hybridized carbons (Fsp3) is 0.294. The fourth-order valence-electron chi connectivity index (χ4n) is 2.02. The van der Waals surface area contributed by atoms with Crippen LogP contribution in [0.2, 0.25) is 0 Å². The zero-order valence-corrected chi connectivity index (χ0v) is 14.7. The van der Waals surface area contributed by atoms with Crippen molar-refractivity contribution in [1.29, 1.82) is 5.26 Å². The predicted octanol–water partition coefficient (Wildman–Crippen LogP) is 3.75. The molecule has 0 unspecified atom stereocenters. The second kappa shape index (κ2) is 8.35. The molecule has 0 saturated carbocycles. The zero-order chi connectivity index (χ0) is 20.0. The van der Waals surface area contributed by atoms with Gasteiger partial charge in [0.2, 0.25) is 12.1 Å². The van der Waals surface area contributed by atoms with Crippen molar-refractivity contribution in [1.82, 2.24) is 14.8 Å². The van der Waals surface area contributed by atoms with Crippen LogP contribution in [0.3, 0.4) is 0 Å². The van der Waals surface area contributed by atoms with Crippen LogP contribution in [0.15, 0.2) is 35.6 Å². The van der Waals surface area contributed by atoms with Gasteiger partial charge in [-0.3, -0.25) is 0 Å². The molecule has 0 aliphatic heterocycles. The molecule has 0 bridgehead atoms. The Morgan fingerprint density at radius 1 is 1.33 bits per heavy atom. The van der Waals surface area contributed by atoms with Crippen LogP contribution in [0.25, 0.3) is 17.6 Å². The standard InChI is InChI=1S/C17H16F3N5O2/c1-11(2)27-15(22-9-21)4-5-25-10-23-16(24-25)12-6-13(17(18,19)20)8-14(7-12)26-3/h4-8,10-11H,1-3H3. The molecule has 7 nitrogen and oxygen atoms in total. The first-order chi connectivity index (χ1) is 12.7. The minimum Gasteiger partial charge on any atom is -0.497 e. The first-order valence-electron chi connectivity index (χ1n) is 7.72. The Labute approximate surface area is 153 Å². The van der Waals surface area contributed by atoms with Crippen molar-refractivity contribution < 1.29 is 22.6 Å². The molecule has 0 aliphatic carbocycles. The molecule has 1 aromatic carbocycles. The quantitative estimate of drug-likeness (QED) is 0.449. The number of halogens is 3. The summed E-state index contributed by atoms with van der Waals surface area (Å²) in [7, 11) is 1.28. The first-order valence-corrected chi connectivity index (χ1v) is 7.72. The number of hydrogen-bond donors (Lipinski definition) is 0. The van der Waals surface area contributed by atoms with E-state index in [9.17, 15) is 13.2 Å². The van der Waals surface area contributed by atoms with Gasteiger partial charge in [-0.1, -0.05) is 0 Å². The Bertz CT molecular complexity index is 895. The van der Waals surface area contributed by atoms with Gasteiger partial charge in [-0.15, -0.1) is 10.1 Å². The number of hydrogen-bond acceptors (Lipinski definition) is 6. The number of alkyl halides is 3. The Kier molecular flexibility index (Phi) is 6.18. The molecule has 0 radical (unpaired) electrons. The molecule has 1 aromatic heterocycles. The van der Waals surface area contributed by atoms with Crippen molar-refractivity contribution in [3.8, 4) is 23.3 Å². The topological polar surface area (TPSA) is 85.3 Å². The Balaban J connectivity index is 2.31. The van der Waals surface area contributed by atoms with E-state index in [1.165, 1.54) is 36.5 Å². The van der Waals surface area contributed by atoms with Gasteiger partial charge in [-0.05, 0) is 32.0 Å². The Morgan fingerprint density at radius 3 is 2.67 bits per heavy atom. The maximum Gasteiger partial charge on any atom is 0.416 e. The van der Waals surface area contributed by atoms with Gasteiger partial charge in [0, 0.05) is 17.8 Å². The molecular weight excluding hydrogens is 363 g/mol. The minimum atomic E-state index is -4.53. The number of benzene rings is 1. The van der Waals surface area contributed by atoms with Crippen LogP contribution >= 0.6 is 0 Å². The summed E-state index contributed by atoms with van der Waals surface area (Å²) in [5, 5.41) is 12.7. The average Bonchev–Trinajstić information content (AvgIpc) is 3.07. The van der Waals surface area contributed by atoms with Gasteiger partial charge in [-0.25, -0.2) is 9.67 Å². The van der Waals surface area contributed by atoms with Crippen LogP contribution in [0, 0.1) is 11.5 Å². The summed E-state index contributed by atoms with van der Waals surface area (Å²) in [5.74, 6) is 0.193. The van der Waals surface area contributed by atoms with Gasteiger partial charge in [0.05, 0.1) is 18.8 Å². The molecule has 0 atom stereocenters. The molecule has 0 N–H and O–H groups in total. The number of nitrogens with zero attached hydrogens (tertiary/aromatic N) is 5. The highest BCUT2D eigenvalue weighted by Crippen LogP contribution is 2.34. The number of aliphatic imine (C=N–C) groups is 1. The number of nitriles is 1. The second-order valence-electron chi connectivity index (χ2n) is 5.53. The van der Waals surface area contributed by atoms with Crippen LogP contribution in [-0.4, -0.2) is 33.9 Å². The van der Waals surface area contributed by atoms with Crippen molar-refractivity contribution in [2.24, 2.45) is 4.99 Å². The third-order valence-electron chi connectivity index (χ3n) is 3.12. The highest BCUT2D eigenvalue weighted by Gasteiger charge is 2.31. The Hall–Kier alpha value is -3.35. The van der Waals surface area contributed by atoms with Crippen LogP contribution in [0.1, 0.15) is 19.4 Å². The number of ether oxygens (including phenoxy) is 2. The van der Waals surface area contributed by atoms with Crippen LogP contribution in [0.4, 0.5) is 13.2 Å². The molecule has 2 aromatic rings. The summed E-state index contributed by atoms with van der Waals surface area (Å²) in [6.45, 7) is 3.55. The number of aromatic nitrogens is 3. The molecule has 27 heavy (non-hydrogen) atoms. The smallest absolute Gasteiger partial charge is 0.416 e. The minimum absolute atomic E-state index is 0.0421. The summed E-state index contributed by atoms with van der Waals surface area (Å²) in [6.07, 6.45) is 1.02. The lowest BCUT2D eigenvalue weighted by Gasteiger charge is -2.10. The average molecular weight is 379 g/mol. The normalized spacial score (nSPS) is 12.4. The maximum absolute atomic E-state index is 13.0. The maximum atomic E-state index is 13.0. The van der Waals surface area contributed by atoms with E-state index in [2.05, 4.69) is 15.1 Å². The van der Waals surface area contributed by atoms with Gasteiger partial charge < -0.3 is 9.47 Å². The lowest BCUT2D eigenvalue weighted by atomic mass is 10.1. The van der Waals surface area contributed by atoms with Gasteiger partial charge in [0.25, 0.3) is 0 Å². The molecule has 0 spiro atoms. The lowest BCUT2D eigenvalue weighted by molar-refractivity contribution is -0.137. The highest BCUT2D eigenvalue weighted by atomic mass is 19.4. The van der Waals surface area contributed by atoms with E-state index in [0.717, 1.165) is 12.1 Å². The van der Waals surface area contributed by atoms with Gasteiger partial charge in [-0.2, -0.15) is 18.4 Å². The van der Waals surface area contributed by atoms with Crippen molar-refractivity contribution in [3.63, 3.8) is 0 Å². The fourth-order valence-corrected chi connectivity index (χ4v) is 2.02. The molecule has 142 valence electrons. The molecule has 2 rings (SSSR count). The largest absolute Gasteiger partial charge is 0.497 e. The van der Waals surface area contributed by atoms with Crippen LogP contribution < -0.4 is 4.74 Å². The third kappa shape index (κ3) is 5.57. The third-order valence-corrected chi connectivity index (χ3v) is 3.12. The molecule has 0 fully saturated rings. The Morgan fingerprint density at radius 2 is 2.07 bits per heavy atom. The van der Waals surface area contributed by atoms with Gasteiger partial charge in [0.15, 0.2) is 5.82 Å². The molecule has 1 heterocycles. The summed E-state index contributed by atoms with van der Waals surface area (Å²) in [6, 6.07) is 3.24. The summed E-state index contributed by atoms with van der Waals surface area (Å²) >= 11 is 0. The van der Waals surface area contributed by atoms with E-state index in [-0.39, 0.29) is 29.1 Å². The van der Waals surface area contributed by atoms with Gasteiger partial charge >= 0.3 is 6.18 Å². The van der Waals surface area contributed by atoms with E-state index in [1.807, 2.05) is 0 Å². The van der Waals surface area contributed by atoms with Crippen molar-refractivity contribution >= 4 is 12.1 Å². The molecule has 0 amide bonds. The SMILES string of the molecule is COc1cc(-c2ncn(C=CC(=NC#N)OC(C)C)n2)cc(C(F)(F)F)c1. The molecule has 0 aliphatic rings. The van der Waals surface area contributed by atoms with E-state index in [4.69, 9.17) is 14.7 Å². The van der Waals surface area contributed by atoms with E-state index in [1.54, 1.807) is 20.0 Å². The number of methoxy groups -OCH3 is 1. The molecule has 0 saturated heterocycles.